The maximum absolute atomic E-state index is 10.9. The highest BCUT2D eigenvalue weighted by atomic mass is 32.2. The van der Waals surface area contributed by atoms with Crippen LogP contribution in [0.5, 0.6) is 0 Å². The molecule has 0 heterocycles. The summed E-state index contributed by atoms with van der Waals surface area (Å²) >= 11 is 0.568. The van der Waals surface area contributed by atoms with E-state index in [0.29, 0.717) is 11.8 Å². The second-order valence-corrected chi connectivity index (χ2v) is 4.84. The Morgan fingerprint density at radius 1 is 1.45 bits per heavy atom. The molecule has 1 aromatic rings. The molecule has 1 aromatic carbocycles. The first-order valence-electron chi connectivity index (χ1n) is 5.15. The number of carbonyl (C=O) groups is 2. The Labute approximate surface area is 116 Å². The van der Waals surface area contributed by atoms with Gasteiger partial charge in [0.15, 0.2) is 0 Å². The Hall–Kier alpha value is -2.60. The van der Waals surface area contributed by atoms with Gasteiger partial charge in [0.1, 0.15) is 5.25 Å². The molecular weight excluding hydrogens is 288 g/mol. The minimum absolute atomic E-state index is 0.00245. The van der Waals surface area contributed by atoms with Crippen molar-refractivity contribution in [3.63, 3.8) is 0 Å². The maximum Gasteiger partial charge on any atom is 0.317 e. The molecule has 2 N–H and O–H groups in total. The molecule has 0 aliphatic carbocycles. The molecule has 20 heavy (non-hydrogen) atoms. The van der Waals surface area contributed by atoms with E-state index in [4.69, 9.17) is 15.5 Å². The monoisotopic (exact) mass is 296 g/mol. The van der Waals surface area contributed by atoms with Gasteiger partial charge < -0.3 is 10.2 Å². The first kappa shape index (κ1) is 15.5. The molecule has 0 spiro atoms. The van der Waals surface area contributed by atoms with Gasteiger partial charge in [-0.3, -0.25) is 19.7 Å². The van der Waals surface area contributed by atoms with Crippen molar-refractivity contribution in [2.45, 2.75) is 16.6 Å². The summed E-state index contributed by atoms with van der Waals surface area (Å²) in [6.45, 7) is 0. The normalized spacial score (nSPS) is 11.3. The van der Waals surface area contributed by atoms with Crippen LogP contribution in [0.4, 0.5) is 5.69 Å². The lowest BCUT2D eigenvalue weighted by Gasteiger charge is -2.09. The topological polar surface area (TPSA) is 142 Å². The number of rotatable bonds is 6. The molecule has 0 aromatic heterocycles. The van der Waals surface area contributed by atoms with Crippen molar-refractivity contribution < 1.29 is 24.7 Å². The first-order chi connectivity index (χ1) is 9.35. The summed E-state index contributed by atoms with van der Waals surface area (Å²) in [5.74, 6) is -2.70. The molecule has 0 unspecified atom stereocenters. The lowest BCUT2D eigenvalue weighted by molar-refractivity contribution is -0.387. The summed E-state index contributed by atoms with van der Waals surface area (Å²) < 4.78 is 0. The number of nitrogens with zero attached hydrogens (tertiary/aromatic N) is 2. The van der Waals surface area contributed by atoms with E-state index in [1.54, 1.807) is 6.07 Å². The highest BCUT2D eigenvalue weighted by Crippen LogP contribution is 2.34. The highest BCUT2D eigenvalue weighted by molar-refractivity contribution is 8.00. The van der Waals surface area contributed by atoms with Gasteiger partial charge in [-0.1, -0.05) is 0 Å². The maximum atomic E-state index is 10.9. The minimum Gasteiger partial charge on any atom is -0.481 e. The molecule has 1 rings (SSSR count). The van der Waals surface area contributed by atoms with Crippen LogP contribution in [0.25, 0.3) is 0 Å². The quantitative estimate of drug-likeness (QED) is 0.456. The zero-order valence-electron chi connectivity index (χ0n) is 9.85. The molecule has 0 aliphatic heterocycles. The van der Waals surface area contributed by atoms with Crippen molar-refractivity contribution in [1.82, 2.24) is 0 Å². The molecule has 0 amide bonds. The van der Waals surface area contributed by atoms with E-state index < -0.39 is 34.2 Å². The van der Waals surface area contributed by atoms with Gasteiger partial charge in [-0.05, 0) is 12.1 Å². The van der Waals surface area contributed by atoms with E-state index in [2.05, 4.69) is 0 Å². The fourth-order valence-corrected chi connectivity index (χ4v) is 2.35. The Morgan fingerprint density at radius 2 is 2.10 bits per heavy atom. The zero-order valence-corrected chi connectivity index (χ0v) is 10.7. The van der Waals surface area contributed by atoms with Gasteiger partial charge in [-0.2, -0.15) is 5.26 Å². The molecule has 0 saturated carbocycles. The zero-order chi connectivity index (χ0) is 15.3. The smallest absolute Gasteiger partial charge is 0.317 e. The standard InChI is InChI=1S/C11H8N2O6S/c12-5-6-1-2-8(7(3-6)13(18)19)20-9(11(16)17)4-10(14)15/h1-3,9H,4H2,(H,14,15)(H,16,17)/t9-/m1/s1. The van der Waals surface area contributed by atoms with E-state index in [1.807, 2.05) is 0 Å². The number of benzene rings is 1. The summed E-state index contributed by atoms with van der Waals surface area (Å²) in [7, 11) is 0. The number of nitriles is 1. The number of hydrogen-bond donors (Lipinski definition) is 2. The van der Waals surface area contributed by atoms with Crippen LogP contribution in [0.1, 0.15) is 12.0 Å². The lowest BCUT2D eigenvalue weighted by atomic mass is 10.2. The van der Waals surface area contributed by atoms with E-state index in [-0.39, 0.29) is 10.5 Å². The molecule has 9 heteroatoms. The van der Waals surface area contributed by atoms with Gasteiger partial charge in [0.05, 0.1) is 27.9 Å². The van der Waals surface area contributed by atoms with Crippen molar-refractivity contribution in [2.24, 2.45) is 0 Å². The number of nitro benzene ring substituents is 1. The van der Waals surface area contributed by atoms with Crippen LogP contribution in [-0.4, -0.2) is 32.3 Å². The average Bonchev–Trinajstić information content (AvgIpc) is 2.37. The van der Waals surface area contributed by atoms with Crippen LogP contribution in [0, 0.1) is 21.4 Å². The number of nitro groups is 1. The van der Waals surface area contributed by atoms with E-state index in [1.165, 1.54) is 12.1 Å². The highest BCUT2D eigenvalue weighted by Gasteiger charge is 2.26. The predicted molar refractivity (Wildman–Crippen MR) is 67.3 cm³/mol. The Balaban J connectivity index is 3.12. The van der Waals surface area contributed by atoms with Gasteiger partial charge in [0.25, 0.3) is 5.69 Å². The molecule has 0 radical (unpaired) electrons. The van der Waals surface area contributed by atoms with Crippen molar-refractivity contribution in [3.8, 4) is 6.07 Å². The molecule has 104 valence electrons. The van der Waals surface area contributed by atoms with Gasteiger partial charge in [-0.15, -0.1) is 11.8 Å². The van der Waals surface area contributed by atoms with Crippen LogP contribution >= 0.6 is 11.8 Å². The Morgan fingerprint density at radius 3 is 2.55 bits per heavy atom. The van der Waals surface area contributed by atoms with Crippen LogP contribution in [0.2, 0.25) is 0 Å². The molecule has 0 fully saturated rings. The number of aliphatic carboxylic acids is 2. The second kappa shape index (κ2) is 6.53. The number of thioether (sulfide) groups is 1. The van der Waals surface area contributed by atoms with Crippen LogP contribution in [-0.2, 0) is 9.59 Å². The Bertz CT molecular complexity index is 609. The summed E-state index contributed by atoms with van der Waals surface area (Å²) in [6, 6.07) is 5.29. The largest absolute Gasteiger partial charge is 0.481 e. The fourth-order valence-electron chi connectivity index (χ4n) is 1.32. The molecule has 1 atom stereocenters. The minimum atomic E-state index is -1.38. The summed E-state index contributed by atoms with van der Waals surface area (Å²) in [5.41, 5.74) is -0.364. The second-order valence-electron chi connectivity index (χ2n) is 3.59. The molecular formula is C11H8N2O6S. The van der Waals surface area contributed by atoms with Crippen molar-refractivity contribution in [1.29, 1.82) is 5.26 Å². The number of carboxylic acid groups (broad SMARTS) is 2. The Kier molecular flexibility index (Phi) is 5.05. The van der Waals surface area contributed by atoms with Crippen molar-refractivity contribution in [3.05, 3.63) is 33.9 Å². The van der Waals surface area contributed by atoms with Gasteiger partial charge >= 0.3 is 11.9 Å². The molecule has 0 bridgehead atoms. The van der Waals surface area contributed by atoms with Crippen molar-refractivity contribution >= 4 is 29.4 Å². The number of carboxylic acids is 2. The lowest BCUT2D eigenvalue weighted by Crippen LogP contribution is -2.20. The third-order valence-corrected chi connectivity index (χ3v) is 3.44. The first-order valence-corrected chi connectivity index (χ1v) is 6.03. The number of hydrogen-bond acceptors (Lipinski definition) is 6. The molecule has 0 saturated heterocycles. The van der Waals surface area contributed by atoms with Crippen molar-refractivity contribution in [2.75, 3.05) is 0 Å². The summed E-state index contributed by atoms with van der Waals surface area (Å²) in [4.78, 5) is 31.6. The van der Waals surface area contributed by atoms with Crippen LogP contribution in [0.3, 0.4) is 0 Å². The van der Waals surface area contributed by atoms with Gasteiger partial charge in [0.2, 0.25) is 0 Å². The third kappa shape index (κ3) is 3.96. The molecule has 0 aliphatic rings. The van der Waals surface area contributed by atoms with E-state index in [9.17, 15) is 19.7 Å². The summed E-state index contributed by atoms with van der Waals surface area (Å²) in [6.07, 6.45) is -0.669. The van der Waals surface area contributed by atoms with Crippen LogP contribution in [0.15, 0.2) is 23.1 Å². The third-order valence-electron chi connectivity index (χ3n) is 2.19. The van der Waals surface area contributed by atoms with E-state index >= 15 is 0 Å². The SMILES string of the molecule is N#Cc1ccc(S[C@H](CC(=O)O)C(=O)O)c([N+](=O)[O-])c1. The van der Waals surface area contributed by atoms with Crippen LogP contribution < -0.4 is 0 Å². The summed E-state index contributed by atoms with van der Waals surface area (Å²) in [5, 5.41) is 35.7. The molecule has 8 nitrogen and oxygen atoms in total. The predicted octanol–water partition coefficient (Wildman–Crippen LogP) is 1.49. The average molecular weight is 296 g/mol. The fraction of sp³-hybridized carbons (Fsp3) is 0.182. The van der Waals surface area contributed by atoms with E-state index in [0.717, 1.165) is 6.07 Å². The van der Waals surface area contributed by atoms with Gasteiger partial charge in [0, 0.05) is 6.07 Å². The van der Waals surface area contributed by atoms with Gasteiger partial charge in [-0.25, -0.2) is 0 Å².